The number of tetrazole rings is 1. The van der Waals surface area contributed by atoms with E-state index >= 15 is 0 Å². The molecule has 1 aromatic carbocycles. The fourth-order valence-electron chi connectivity index (χ4n) is 3.67. The van der Waals surface area contributed by atoms with Gasteiger partial charge in [-0.1, -0.05) is 19.1 Å². The maximum Gasteiger partial charge on any atom is 0.416 e. The number of hydrogen-bond donors (Lipinski definition) is 2. The van der Waals surface area contributed by atoms with Crippen molar-refractivity contribution in [2.75, 3.05) is 33.2 Å². The Labute approximate surface area is 163 Å². The third-order valence-corrected chi connectivity index (χ3v) is 5.92. The Morgan fingerprint density at radius 1 is 1.07 bits per heavy atom. The number of nitrogens with one attached hydrogen (secondary N) is 2. The third-order valence-electron chi connectivity index (χ3n) is 5.92. The number of likely N-dealkylation sites (N-methyl/N-ethyl adjacent to an activating group) is 1. The summed E-state index contributed by atoms with van der Waals surface area (Å²) in [5.74, 6) is 0.709. The van der Waals surface area contributed by atoms with Crippen LogP contribution >= 0.6 is 0 Å². The summed E-state index contributed by atoms with van der Waals surface area (Å²) in [5, 5.41) is 12.5. The summed E-state index contributed by atoms with van der Waals surface area (Å²) in [6.45, 7) is 10.1. The van der Waals surface area contributed by atoms with Crippen molar-refractivity contribution in [3.8, 4) is 0 Å². The number of rotatable bonds is 5. The van der Waals surface area contributed by atoms with Crippen molar-refractivity contribution < 1.29 is 23.0 Å². The van der Waals surface area contributed by atoms with Gasteiger partial charge in [-0.15, -0.1) is 5.10 Å². The Kier molecular flexibility index (Phi) is 5.77. The highest BCUT2D eigenvalue weighted by Gasteiger charge is 2.38. The summed E-state index contributed by atoms with van der Waals surface area (Å²) >= 11 is 0. The van der Waals surface area contributed by atoms with Crippen LogP contribution in [0.1, 0.15) is 50.2 Å². The van der Waals surface area contributed by atoms with Crippen LogP contribution in [-0.2, 0) is 11.7 Å². The Hall–Kier alpha value is -2.00. The van der Waals surface area contributed by atoms with Crippen LogP contribution in [-0.4, -0.2) is 53.4 Å². The lowest BCUT2D eigenvalue weighted by Gasteiger charge is -2.34. The molecule has 0 bridgehead atoms. The number of alkyl halides is 3. The minimum absolute atomic E-state index is 0.198. The predicted octanol–water partition coefficient (Wildman–Crippen LogP) is 0.340. The summed E-state index contributed by atoms with van der Waals surface area (Å²) in [6.07, 6.45) is -3.50. The molecule has 3 rings (SSSR count). The van der Waals surface area contributed by atoms with E-state index in [1.807, 2.05) is 4.68 Å². The Morgan fingerprint density at radius 2 is 1.68 bits per heavy atom. The highest BCUT2D eigenvalue weighted by molar-refractivity contribution is 5.28. The second kappa shape index (κ2) is 7.79. The second-order valence-corrected chi connectivity index (χ2v) is 8.28. The van der Waals surface area contributed by atoms with Gasteiger partial charge in [0, 0.05) is 5.56 Å². The maximum absolute atomic E-state index is 13.0. The first-order valence-electron chi connectivity index (χ1n) is 9.75. The van der Waals surface area contributed by atoms with Crippen LogP contribution in [0.4, 0.5) is 13.2 Å². The third kappa shape index (κ3) is 4.20. The molecule has 1 aromatic heterocycles. The van der Waals surface area contributed by atoms with Crippen LogP contribution in [0.15, 0.2) is 24.3 Å². The SMILES string of the molecule is CCC(C)(C)n1nnnc1[C@H](c1ccc(C(F)(F)F)cc1)[NH+]1CC[NH+](C)CC1. The predicted molar refractivity (Wildman–Crippen MR) is 98.0 cm³/mol. The second-order valence-electron chi connectivity index (χ2n) is 8.28. The van der Waals surface area contributed by atoms with Crippen LogP contribution in [0.2, 0.25) is 0 Å². The molecule has 28 heavy (non-hydrogen) atoms. The van der Waals surface area contributed by atoms with Gasteiger partial charge in [-0.05, 0) is 42.8 Å². The van der Waals surface area contributed by atoms with Gasteiger partial charge in [0.1, 0.15) is 26.2 Å². The Balaban J connectivity index is 2.03. The monoisotopic (exact) mass is 398 g/mol. The minimum Gasteiger partial charge on any atom is -0.328 e. The van der Waals surface area contributed by atoms with Gasteiger partial charge in [-0.2, -0.15) is 13.2 Å². The molecule has 2 aromatic rings. The molecule has 1 atom stereocenters. The van der Waals surface area contributed by atoms with E-state index in [9.17, 15) is 13.2 Å². The zero-order valence-electron chi connectivity index (χ0n) is 16.8. The highest BCUT2D eigenvalue weighted by atomic mass is 19.4. The molecule has 1 saturated heterocycles. The van der Waals surface area contributed by atoms with E-state index in [0.29, 0.717) is 5.82 Å². The van der Waals surface area contributed by atoms with Gasteiger partial charge >= 0.3 is 6.18 Å². The number of piperazine rings is 1. The molecule has 9 heteroatoms. The summed E-state index contributed by atoms with van der Waals surface area (Å²) < 4.78 is 40.9. The molecule has 0 amide bonds. The molecule has 0 saturated carbocycles. The summed E-state index contributed by atoms with van der Waals surface area (Å²) in [5.41, 5.74) is -0.105. The van der Waals surface area contributed by atoms with E-state index in [-0.39, 0.29) is 11.6 Å². The lowest BCUT2D eigenvalue weighted by molar-refractivity contribution is -1.02. The van der Waals surface area contributed by atoms with Crippen molar-refractivity contribution in [1.29, 1.82) is 0 Å². The average molecular weight is 398 g/mol. The molecule has 0 aliphatic carbocycles. The van der Waals surface area contributed by atoms with Gasteiger partial charge in [0.05, 0.1) is 18.2 Å². The van der Waals surface area contributed by atoms with E-state index < -0.39 is 11.7 Å². The molecule has 1 aliphatic rings. The molecular weight excluding hydrogens is 369 g/mol. The van der Waals surface area contributed by atoms with Gasteiger partial charge in [-0.3, -0.25) is 0 Å². The zero-order chi connectivity index (χ0) is 20.5. The van der Waals surface area contributed by atoms with E-state index in [0.717, 1.165) is 50.3 Å². The van der Waals surface area contributed by atoms with Gasteiger partial charge in [-0.25, -0.2) is 4.68 Å². The largest absolute Gasteiger partial charge is 0.416 e. The summed E-state index contributed by atoms with van der Waals surface area (Å²) in [6, 6.07) is 5.26. The standard InChI is InChI=1S/C19H27F3N6/c1-5-18(2,3)28-17(23-24-25-28)16(27-12-10-26(4)11-13-27)14-6-8-15(9-7-14)19(20,21)22/h6-9,16H,5,10-13H2,1-4H3/p+2/t16-/m0/s1. The molecule has 0 radical (unpaired) electrons. The number of nitrogens with zero attached hydrogens (tertiary/aromatic N) is 4. The summed E-state index contributed by atoms with van der Waals surface area (Å²) in [4.78, 5) is 2.75. The first-order chi connectivity index (χ1) is 13.1. The van der Waals surface area contributed by atoms with Crippen molar-refractivity contribution in [3.05, 3.63) is 41.2 Å². The van der Waals surface area contributed by atoms with E-state index in [2.05, 4.69) is 43.3 Å². The molecule has 0 spiro atoms. The van der Waals surface area contributed by atoms with E-state index in [1.54, 1.807) is 12.1 Å². The number of benzene rings is 1. The maximum atomic E-state index is 13.0. The molecule has 6 nitrogen and oxygen atoms in total. The molecule has 2 heterocycles. The number of hydrogen-bond acceptors (Lipinski definition) is 3. The van der Waals surface area contributed by atoms with Crippen molar-refractivity contribution in [1.82, 2.24) is 20.2 Å². The quantitative estimate of drug-likeness (QED) is 0.764. The first-order valence-corrected chi connectivity index (χ1v) is 9.75. The molecular formula is C19H29F3N6+2. The average Bonchev–Trinajstić information content (AvgIpc) is 3.13. The normalized spacial score (nSPS) is 22.2. The first kappa shape index (κ1) is 20.7. The zero-order valence-corrected chi connectivity index (χ0v) is 16.8. The minimum atomic E-state index is -4.34. The van der Waals surface area contributed by atoms with Crippen LogP contribution in [0.25, 0.3) is 0 Å². The summed E-state index contributed by atoms with van der Waals surface area (Å²) in [7, 11) is 2.16. The number of aromatic nitrogens is 4. The molecule has 0 unspecified atom stereocenters. The van der Waals surface area contributed by atoms with Gasteiger partial charge in [0.15, 0.2) is 6.04 Å². The molecule has 154 valence electrons. The topological polar surface area (TPSA) is 52.5 Å². The van der Waals surface area contributed by atoms with Gasteiger partial charge in [0.25, 0.3) is 0 Å². The van der Waals surface area contributed by atoms with Crippen molar-refractivity contribution in [2.24, 2.45) is 0 Å². The number of halogens is 3. The van der Waals surface area contributed by atoms with Gasteiger partial charge < -0.3 is 9.80 Å². The van der Waals surface area contributed by atoms with Crippen LogP contribution in [0.3, 0.4) is 0 Å². The molecule has 1 aliphatic heterocycles. The number of quaternary nitrogens is 2. The van der Waals surface area contributed by atoms with Crippen LogP contribution in [0.5, 0.6) is 0 Å². The fourth-order valence-corrected chi connectivity index (χ4v) is 3.67. The molecule has 2 N–H and O–H groups in total. The molecule has 1 fully saturated rings. The lowest BCUT2D eigenvalue weighted by atomic mass is 9.98. The Morgan fingerprint density at radius 3 is 2.21 bits per heavy atom. The van der Waals surface area contributed by atoms with Crippen molar-refractivity contribution in [2.45, 2.75) is 44.9 Å². The smallest absolute Gasteiger partial charge is 0.328 e. The van der Waals surface area contributed by atoms with Crippen LogP contribution in [0, 0.1) is 0 Å². The van der Waals surface area contributed by atoms with Crippen molar-refractivity contribution >= 4 is 0 Å². The highest BCUT2D eigenvalue weighted by Crippen LogP contribution is 2.31. The Bertz CT molecular complexity index is 776. The lowest BCUT2D eigenvalue weighted by Crippen LogP contribution is -3.27. The van der Waals surface area contributed by atoms with Crippen LogP contribution < -0.4 is 9.80 Å². The fraction of sp³-hybridized carbons (Fsp3) is 0.632. The van der Waals surface area contributed by atoms with E-state index in [1.165, 1.54) is 9.80 Å². The van der Waals surface area contributed by atoms with Gasteiger partial charge in [0.2, 0.25) is 5.82 Å². The van der Waals surface area contributed by atoms with Crippen molar-refractivity contribution in [3.63, 3.8) is 0 Å². The van der Waals surface area contributed by atoms with E-state index in [4.69, 9.17) is 0 Å².